The molecule has 0 saturated carbocycles. The van der Waals surface area contributed by atoms with Gasteiger partial charge in [-0.1, -0.05) is 24.3 Å². The largest absolute Gasteiger partial charge is 0.490 e. The van der Waals surface area contributed by atoms with Crippen LogP contribution in [0.2, 0.25) is 0 Å². The number of nitrogens with one attached hydrogen (secondary N) is 2. The molecule has 0 bridgehead atoms. The first-order valence-electron chi connectivity index (χ1n) is 9.21. The number of hydrogen-bond donors (Lipinski definition) is 2. The monoisotopic (exact) mass is 394 g/mol. The third-order valence-corrected chi connectivity index (χ3v) is 3.95. The van der Waals surface area contributed by atoms with Gasteiger partial charge in [-0.3, -0.25) is 9.59 Å². The Hall–Kier alpha value is -3.74. The minimum Gasteiger partial charge on any atom is -0.490 e. The SMILES string of the molecule is CCOc1ccccc1OCC(=O)NCc1ccc(NC(=O)c2ccco2)cc1. The lowest BCUT2D eigenvalue weighted by molar-refractivity contribution is -0.123. The van der Waals surface area contributed by atoms with Crippen LogP contribution in [0.5, 0.6) is 11.5 Å². The maximum atomic E-state index is 12.1. The molecule has 0 aliphatic heterocycles. The highest BCUT2D eigenvalue weighted by atomic mass is 16.5. The van der Waals surface area contributed by atoms with Gasteiger partial charge in [0.25, 0.3) is 11.8 Å². The normalized spacial score (nSPS) is 10.2. The van der Waals surface area contributed by atoms with E-state index >= 15 is 0 Å². The van der Waals surface area contributed by atoms with E-state index in [1.54, 1.807) is 36.4 Å². The lowest BCUT2D eigenvalue weighted by Crippen LogP contribution is -2.28. The predicted octanol–water partition coefficient (Wildman–Crippen LogP) is 3.63. The molecular weight excluding hydrogens is 372 g/mol. The van der Waals surface area contributed by atoms with Gasteiger partial charge in [0.15, 0.2) is 23.9 Å². The molecule has 1 aromatic heterocycles. The molecule has 0 spiro atoms. The van der Waals surface area contributed by atoms with E-state index in [1.807, 2.05) is 31.2 Å². The first kappa shape index (κ1) is 20.0. The van der Waals surface area contributed by atoms with Crippen LogP contribution in [0.15, 0.2) is 71.3 Å². The zero-order valence-electron chi connectivity index (χ0n) is 16.0. The highest BCUT2D eigenvalue weighted by Crippen LogP contribution is 2.26. The number of furan rings is 1. The van der Waals surface area contributed by atoms with Crippen molar-refractivity contribution in [3.8, 4) is 11.5 Å². The summed E-state index contributed by atoms with van der Waals surface area (Å²) < 4.78 is 16.1. The molecule has 7 nitrogen and oxygen atoms in total. The van der Waals surface area contributed by atoms with Crippen LogP contribution in [-0.2, 0) is 11.3 Å². The summed E-state index contributed by atoms with van der Waals surface area (Å²) >= 11 is 0. The van der Waals surface area contributed by atoms with Gasteiger partial charge < -0.3 is 24.5 Å². The Balaban J connectivity index is 1.45. The van der Waals surface area contributed by atoms with Crippen LogP contribution in [0.4, 0.5) is 5.69 Å². The molecular formula is C22H22N2O5. The van der Waals surface area contributed by atoms with Gasteiger partial charge in [-0.2, -0.15) is 0 Å². The Morgan fingerprint density at radius 2 is 1.66 bits per heavy atom. The van der Waals surface area contributed by atoms with Gasteiger partial charge >= 0.3 is 0 Å². The number of para-hydroxylation sites is 2. The Morgan fingerprint density at radius 1 is 0.931 bits per heavy atom. The van der Waals surface area contributed by atoms with Gasteiger partial charge in [0.05, 0.1) is 12.9 Å². The van der Waals surface area contributed by atoms with Crippen LogP contribution in [0.3, 0.4) is 0 Å². The van der Waals surface area contributed by atoms with Crippen molar-refractivity contribution < 1.29 is 23.5 Å². The number of carbonyl (C=O) groups is 2. The molecule has 0 fully saturated rings. The second kappa shape index (κ2) is 9.98. The van der Waals surface area contributed by atoms with E-state index < -0.39 is 0 Å². The van der Waals surface area contributed by atoms with E-state index in [4.69, 9.17) is 13.9 Å². The first-order valence-corrected chi connectivity index (χ1v) is 9.21. The number of rotatable bonds is 9. The molecule has 0 aliphatic rings. The molecule has 1 heterocycles. The van der Waals surface area contributed by atoms with Crippen LogP contribution in [0.25, 0.3) is 0 Å². The fourth-order valence-corrected chi connectivity index (χ4v) is 2.55. The molecule has 0 unspecified atom stereocenters. The third kappa shape index (κ3) is 5.87. The molecule has 0 aliphatic carbocycles. The predicted molar refractivity (Wildman–Crippen MR) is 108 cm³/mol. The van der Waals surface area contributed by atoms with Crippen molar-refractivity contribution in [3.05, 3.63) is 78.3 Å². The minimum absolute atomic E-state index is 0.110. The molecule has 0 radical (unpaired) electrons. The summed E-state index contributed by atoms with van der Waals surface area (Å²) in [7, 11) is 0. The lowest BCUT2D eigenvalue weighted by Gasteiger charge is -2.12. The van der Waals surface area contributed by atoms with E-state index in [9.17, 15) is 9.59 Å². The minimum atomic E-state index is -0.319. The second-order valence-corrected chi connectivity index (χ2v) is 6.07. The van der Waals surface area contributed by atoms with Crippen molar-refractivity contribution in [2.24, 2.45) is 0 Å². The molecule has 150 valence electrons. The van der Waals surface area contributed by atoms with Crippen molar-refractivity contribution in [2.45, 2.75) is 13.5 Å². The molecule has 0 atom stereocenters. The molecule has 3 rings (SSSR count). The number of ether oxygens (including phenoxy) is 2. The van der Waals surface area contributed by atoms with E-state index in [2.05, 4.69) is 10.6 Å². The molecule has 29 heavy (non-hydrogen) atoms. The third-order valence-electron chi connectivity index (χ3n) is 3.95. The Morgan fingerprint density at radius 3 is 2.31 bits per heavy atom. The van der Waals surface area contributed by atoms with Crippen LogP contribution < -0.4 is 20.1 Å². The van der Waals surface area contributed by atoms with Crippen LogP contribution in [-0.4, -0.2) is 25.0 Å². The number of benzene rings is 2. The average molecular weight is 394 g/mol. The summed E-state index contributed by atoms with van der Waals surface area (Å²) in [6.07, 6.45) is 1.44. The molecule has 3 aromatic rings. The average Bonchev–Trinajstić information content (AvgIpc) is 3.28. The maximum Gasteiger partial charge on any atom is 0.291 e. The zero-order chi connectivity index (χ0) is 20.5. The smallest absolute Gasteiger partial charge is 0.291 e. The standard InChI is InChI=1S/C22H22N2O5/c1-2-27-18-6-3-4-7-19(18)29-15-21(25)23-14-16-9-11-17(12-10-16)24-22(26)20-8-5-13-28-20/h3-13H,2,14-15H2,1H3,(H,23,25)(H,24,26). The summed E-state index contributed by atoms with van der Waals surface area (Å²) in [5.41, 5.74) is 1.53. The summed E-state index contributed by atoms with van der Waals surface area (Å²) in [4.78, 5) is 24.0. The Kier molecular flexibility index (Phi) is 6.89. The quantitative estimate of drug-likeness (QED) is 0.579. The van der Waals surface area contributed by atoms with Crippen molar-refractivity contribution in [1.29, 1.82) is 0 Å². The first-order chi connectivity index (χ1) is 14.2. The van der Waals surface area contributed by atoms with E-state index in [1.165, 1.54) is 6.26 Å². The van der Waals surface area contributed by atoms with Gasteiger partial charge in [0, 0.05) is 12.2 Å². The number of amides is 2. The number of carbonyl (C=O) groups excluding carboxylic acids is 2. The molecule has 7 heteroatoms. The lowest BCUT2D eigenvalue weighted by atomic mass is 10.2. The van der Waals surface area contributed by atoms with Gasteiger partial charge in [-0.15, -0.1) is 0 Å². The van der Waals surface area contributed by atoms with Gasteiger partial charge in [0.1, 0.15) is 0 Å². The summed E-state index contributed by atoms with van der Waals surface area (Å²) in [5.74, 6) is 0.815. The number of anilines is 1. The van der Waals surface area contributed by atoms with Gasteiger partial charge in [-0.25, -0.2) is 0 Å². The van der Waals surface area contributed by atoms with Crippen molar-refractivity contribution in [3.63, 3.8) is 0 Å². The van der Waals surface area contributed by atoms with Crippen molar-refractivity contribution in [1.82, 2.24) is 5.32 Å². The second-order valence-electron chi connectivity index (χ2n) is 6.07. The molecule has 2 N–H and O–H groups in total. The fraction of sp³-hybridized carbons (Fsp3) is 0.182. The number of hydrogen-bond acceptors (Lipinski definition) is 5. The van der Waals surface area contributed by atoms with Crippen LogP contribution >= 0.6 is 0 Å². The van der Waals surface area contributed by atoms with Crippen LogP contribution in [0, 0.1) is 0 Å². The Labute approximate surface area is 168 Å². The van der Waals surface area contributed by atoms with Crippen LogP contribution in [0.1, 0.15) is 23.0 Å². The molecule has 2 amide bonds. The maximum absolute atomic E-state index is 12.1. The van der Waals surface area contributed by atoms with E-state index in [0.717, 1.165) is 5.56 Å². The molecule has 0 saturated heterocycles. The summed E-state index contributed by atoms with van der Waals surface area (Å²) in [6, 6.07) is 17.6. The van der Waals surface area contributed by atoms with Gasteiger partial charge in [0.2, 0.25) is 0 Å². The highest BCUT2D eigenvalue weighted by Gasteiger charge is 2.09. The van der Waals surface area contributed by atoms with Crippen molar-refractivity contribution >= 4 is 17.5 Å². The fourth-order valence-electron chi connectivity index (χ4n) is 2.55. The zero-order valence-corrected chi connectivity index (χ0v) is 16.0. The van der Waals surface area contributed by atoms with E-state index in [0.29, 0.717) is 30.3 Å². The summed E-state index contributed by atoms with van der Waals surface area (Å²) in [5, 5.41) is 5.53. The topological polar surface area (TPSA) is 89.8 Å². The van der Waals surface area contributed by atoms with Gasteiger partial charge in [-0.05, 0) is 48.9 Å². The van der Waals surface area contributed by atoms with Crippen molar-refractivity contribution in [2.75, 3.05) is 18.5 Å². The Bertz CT molecular complexity index is 936. The highest BCUT2D eigenvalue weighted by molar-refractivity contribution is 6.02. The van der Waals surface area contributed by atoms with E-state index in [-0.39, 0.29) is 24.2 Å². The summed E-state index contributed by atoms with van der Waals surface area (Å²) in [6.45, 7) is 2.64. The molecule has 2 aromatic carbocycles.